The Morgan fingerprint density at radius 2 is 1.46 bits per heavy atom. The number of carbonyl (C=O) groups excluding carboxylic acids is 1. The Bertz CT molecular complexity index is 1290. The zero-order chi connectivity index (χ0) is 27.8. The average Bonchev–Trinajstić information content (AvgIpc) is 2.83. The molecule has 0 saturated heterocycles. The summed E-state index contributed by atoms with van der Waals surface area (Å²) in [6, 6.07) is 11.9. The van der Waals surface area contributed by atoms with E-state index in [4.69, 9.17) is 4.74 Å². The highest BCUT2D eigenvalue weighted by molar-refractivity contribution is 8.03. The third-order valence-electron chi connectivity index (χ3n) is 5.94. The molecule has 0 spiro atoms. The summed E-state index contributed by atoms with van der Waals surface area (Å²) in [6.45, 7) is 13.9. The Morgan fingerprint density at radius 1 is 0.892 bits per heavy atom. The van der Waals surface area contributed by atoms with E-state index in [1.807, 2.05) is 52.8 Å². The number of sulfonamides is 1. The maximum Gasteiger partial charge on any atom is 0.320 e. The van der Waals surface area contributed by atoms with Crippen LogP contribution in [-0.2, 0) is 29.3 Å². The Hall–Kier alpha value is -2.45. The molecule has 2 rings (SSSR count). The van der Waals surface area contributed by atoms with E-state index >= 15 is 0 Å². The van der Waals surface area contributed by atoms with Gasteiger partial charge in [-0.1, -0.05) is 97.4 Å². The van der Waals surface area contributed by atoms with Gasteiger partial charge in [0.25, 0.3) is 10.0 Å². The van der Waals surface area contributed by atoms with E-state index in [1.54, 1.807) is 24.3 Å². The SMILES string of the molecule is CCC/C=C\COC(=O)CS(=O)(=NS(=O)(=O)c1c(C(C)C)cc(C(C)C)cc1C(C)C)c1ccccc1. The molecule has 0 fully saturated rings. The highest BCUT2D eigenvalue weighted by Gasteiger charge is 2.30. The summed E-state index contributed by atoms with van der Waals surface area (Å²) in [5.41, 5.74) is 2.31. The van der Waals surface area contributed by atoms with Crippen LogP contribution < -0.4 is 0 Å². The van der Waals surface area contributed by atoms with Gasteiger partial charge in [-0.15, -0.1) is 3.77 Å². The number of hydrogen-bond donors (Lipinski definition) is 0. The van der Waals surface area contributed by atoms with Crippen LogP contribution in [0.5, 0.6) is 0 Å². The molecule has 1 unspecified atom stereocenters. The second-order valence-corrected chi connectivity index (χ2v) is 14.1. The Balaban J connectivity index is 2.71. The van der Waals surface area contributed by atoms with Crippen molar-refractivity contribution in [2.24, 2.45) is 3.77 Å². The maximum atomic E-state index is 14.2. The molecule has 204 valence electrons. The number of unbranched alkanes of at least 4 members (excludes halogenated alkanes) is 1. The largest absolute Gasteiger partial charge is 0.461 e. The third-order valence-corrected chi connectivity index (χ3v) is 10.3. The minimum absolute atomic E-state index is 0.0293. The lowest BCUT2D eigenvalue weighted by Gasteiger charge is -2.22. The van der Waals surface area contributed by atoms with Crippen molar-refractivity contribution in [1.29, 1.82) is 0 Å². The number of hydrogen-bond acceptors (Lipinski definition) is 5. The smallest absolute Gasteiger partial charge is 0.320 e. The number of benzene rings is 2. The van der Waals surface area contributed by atoms with Crippen molar-refractivity contribution in [2.45, 2.75) is 88.9 Å². The molecule has 0 aliphatic heterocycles. The van der Waals surface area contributed by atoms with Gasteiger partial charge in [0.2, 0.25) is 0 Å². The highest BCUT2D eigenvalue weighted by Crippen LogP contribution is 2.36. The molecule has 8 heteroatoms. The van der Waals surface area contributed by atoms with Crippen LogP contribution in [0.15, 0.2) is 68.2 Å². The summed E-state index contributed by atoms with van der Waals surface area (Å²) in [5, 5.41) is 0. The van der Waals surface area contributed by atoms with E-state index in [0.29, 0.717) is 11.1 Å². The third kappa shape index (κ3) is 8.27. The van der Waals surface area contributed by atoms with Crippen molar-refractivity contribution < 1.29 is 22.2 Å². The van der Waals surface area contributed by atoms with Gasteiger partial charge in [-0.2, -0.15) is 8.42 Å². The van der Waals surface area contributed by atoms with Crippen LogP contribution in [0.2, 0.25) is 0 Å². The van der Waals surface area contributed by atoms with Gasteiger partial charge in [-0.05, 0) is 53.0 Å². The molecular weight excluding hydrogens is 506 g/mol. The molecule has 0 N–H and O–H groups in total. The number of allylic oxidation sites excluding steroid dienone is 1. The van der Waals surface area contributed by atoms with Gasteiger partial charge in [0.15, 0.2) is 0 Å². The molecule has 2 aromatic carbocycles. The van der Waals surface area contributed by atoms with E-state index in [-0.39, 0.29) is 34.2 Å². The fourth-order valence-corrected chi connectivity index (χ4v) is 8.32. The van der Waals surface area contributed by atoms with Crippen LogP contribution in [0, 0.1) is 0 Å². The Kier molecular flexibility index (Phi) is 11.1. The fraction of sp³-hybridized carbons (Fsp3) is 0.483. The predicted octanol–water partition coefficient (Wildman–Crippen LogP) is 7.17. The van der Waals surface area contributed by atoms with Crippen LogP contribution in [0.3, 0.4) is 0 Å². The first-order valence-electron chi connectivity index (χ1n) is 12.9. The van der Waals surface area contributed by atoms with Crippen LogP contribution in [0.1, 0.15) is 95.8 Å². The van der Waals surface area contributed by atoms with Crippen molar-refractivity contribution in [3.63, 3.8) is 0 Å². The molecule has 2 aromatic rings. The van der Waals surface area contributed by atoms with Gasteiger partial charge in [-0.25, -0.2) is 4.21 Å². The number of ether oxygens (including phenoxy) is 1. The lowest BCUT2D eigenvalue weighted by Crippen LogP contribution is -2.21. The zero-order valence-electron chi connectivity index (χ0n) is 23.1. The summed E-state index contributed by atoms with van der Waals surface area (Å²) in [4.78, 5) is 12.9. The predicted molar refractivity (Wildman–Crippen MR) is 151 cm³/mol. The van der Waals surface area contributed by atoms with Gasteiger partial charge < -0.3 is 4.74 Å². The van der Waals surface area contributed by atoms with E-state index < -0.39 is 31.5 Å². The molecule has 0 aromatic heterocycles. The summed E-state index contributed by atoms with van der Waals surface area (Å²) in [7, 11) is -8.10. The van der Waals surface area contributed by atoms with Crippen molar-refractivity contribution in [2.75, 3.05) is 12.4 Å². The molecule has 1 atom stereocenters. The first kappa shape index (κ1) is 30.8. The normalized spacial score (nSPS) is 13.9. The van der Waals surface area contributed by atoms with Crippen LogP contribution in [0.4, 0.5) is 0 Å². The number of carbonyl (C=O) groups is 1. The first-order chi connectivity index (χ1) is 17.3. The molecular formula is C29H41NO5S2. The number of nitrogens with zero attached hydrogens (tertiary/aromatic N) is 1. The standard InChI is InChI=1S/C29H41NO5S2/c1-8-9-10-14-17-35-28(31)20-36(32,25-15-12-11-13-16-25)30-37(33,34)29-26(22(4)5)18-24(21(2)3)19-27(29)23(6)7/h10-16,18-19,21-23H,8-9,17,20H2,1-7H3/b14-10-. The highest BCUT2D eigenvalue weighted by atomic mass is 32.3. The number of rotatable bonds is 12. The van der Waals surface area contributed by atoms with E-state index in [1.165, 1.54) is 12.1 Å². The molecule has 0 aliphatic carbocycles. The molecule has 6 nitrogen and oxygen atoms in total. The van der Waals surface area contributed by atoms with Gasteiger partial charge >= 0.3 is 5.97 Å². The summed E-state index contributed by atoms with van der Waals surface area (Å²) in [6.07, 6.45) is 5.45. The summed E-state index contributed by atoms with van der Waals surface area (Å²) < 4.78 is 51.4. The van der Waals surface area contributed by atoms with Gasteiger partial charge in [0.1, 0.15) is 22.1 Å². The summed E-state index contributed by atoms with van der Waals surface area (Å²) in [5.74, 6) is -1.43. The molecule has 0 aliphatic rings. The van der Waals surface area contributed by atoms with Crippen LogP contribution >= 0.6 is 0 Å². The summed E-state index contributed by atoms with van der Waals surface area (Å²) >= 11 is 0. The topological polar surface area (TPSA) is 89.9 Å². The zero-order valence-corrected chi connectivity index (χ0v) is 24.7. The number of esters is 1. The molecule has 0 bridgehead atoms. The second kappa shape index (κ2) is 13.4. The van der Waals surface area contributed by atoms with Crippen molar-refractivity contribution in [3.8, 4) is 0 Å². The van der Waals surface area contributed by atoms with E-state index in [9.17, 15) is 17.4 Å². The fourth-order valence-electron chi connectivity index (χ4n) is 3.86. The lowest BCUT2D eigenvalue weighted by molar-refractivity contribution is -0.139. The minimum Gasteiger partial charge on any atom is -0.461 e. The first-order valence-corrected chi connectivity index (χ1v) is 16.0. The molecule has 0 amide bonds. The molecule has 0 heterocycles. The van der Waals surface area contributed by atoms with E-state index in [2.05, 4.69) is 17.6 Å². The van der Waals surface area contributed by atoms with Gasteiger partial charge in [0.05, 0.1) is 4.90 Å². The minimum atomic E-state index is -4.41. The molecule has 37 heavy (non-hydrogen) atoms. The van der Waals surface area contributed by atoms with Crippen LogP contribution in [-0.4, -0.2) is 31.0 Å². The average molecular weight is 548 g/mol. The monoisotopic (exact) mass is 547 g/mol. The van der Waals surface area contributed by atoms with Crippen molar-refractivity contribution in [1.82, 2.24) is 0 Å². The second-order valence-electron chi connectivity index (χ2n) is 10.1. The molecule has 0 saturated carbocycles. The van der Waals surface area contributed by atoms with Gasteiger partial charge in [-0.3, -0.25) is 4.79 Å². The Morgan fingerprint density at radius 3 is 1.95 bits per heavy atom. The van der Waals surface area contributed by atoms with Crippen molar-refractivity contribution in [3.05, 3.63) is 71.3 Å². The maximum absolute atomic E-state index is 14.2. The van der Waals surface area contributed by atoms with Crippen LogP contribution in [0.25, 0.3) is 0 Å². The van der Waals surface area contributed by atoms with Crippen molar-refractivity contribution >= 4 is 25.7 Å². The lowest BCUT2D eigenvalue weighted by atomic mass is 9.89. The van der Waals surface area contributed by atoms with Gasteiger partial charge in [0, 0.05) is 4.90 Å². The quantitative estimate of drug-likeness (QED) is 0.207. The molecule has 0 radical (unpaired) electrons. The Labute approximate surface area is 223 Å². The van der Waals surface area contributed by atoms with E-state index in [0.717, 1.165) is 18.4 Å².